The monoisotopic (exact) mass is 227 g/mol. The van der Waals surface area contributed by atoms with Crippen molar-refractivity contribution in [3.05, 3.63) is 33.8 Å². The number of rotatable bonds is 3. The Morgan fingerprint density at radius 3 is 2.75 bits per heavy atom. The van der Waals surface area contributed by atoms with Gasteiger partial charge in [-0.05, 0) is 44.1 Å². The maximum absolute atomic E-state index is 3.48. The van der Waals surface area contributed by atoms with Crippen molar-refractivity contribution in [1.82, 2.24) is 5.32 Å². The highest BCUT2D eigenvalue weighted by Gasteiger charge is 1.96. The van der Waals surface area contributed by atoms with Crippen LogP contribution in [-0.2, 0) is 6.42 Å². The van der Waals surface area contributed by atoms with Crippen LogP contribution < -0.4 is 5.32 Å². The van der Waals surface area contributed by atoms with Gasteiger partial charge in [0.25, 0.3) is 0 Å². The molecule has 0 radical (unpaired) electrons. The second-order valence-corrected chi connectivity index (χ2v) is 3.79. The van der Waals surface area contributed by atoms with Gasteiger partial charge in [0.05, 0.1) is 0 Å². The van der Waals surface area contributed by atoms with E-state index in [-0.39, 0.29) is 0 Å². The molecule has 0 spiro atoms. The van der Waals surface area contributed by atoms with Gasteiger partial charge in [0, 0.05) is 4.47 Å². The molecular weight excluding hydrogens is 214 g/mol. The highest BCUT2D eigenvalue weighted by molar-refractivity contribution is 9.10. The molecule has 1 aromatic rings. The number of hydrogen-bond acceptors (Lipinski definition) is 1. The molecule has 0 aromatic heterocycles. The summed E-state index contributed by atoms with van der Waals surface area (Å²) in [6, 6.07) is 6.50. The van der Waals surface area contributed by atoms with E-state index in [4.69, 9.17) is 0 Å². The summed E-state index contributed by atoms with van der Waals surface area (Å²) in [7, 11) is 1.98. The predicted molar refractivity (Wildman–Crippen MR) is 56.5 cm³/mol. The van der Waals surface area contributed by atoms with Gasteiger partial charge in [-0.15, -0.1) is 0 Å². The minimum absolute atomic E-state index is 1.04. The van der Waals surface area contributed by atoms with E-state index in [1.54, 1.807) is 0 Å². The molecule has 1 rings (SSSR count). The van der Waals surface area contributed by atoms with Gasteiger partial charge in [-0.25, -0.2) is 0 Å². The molecule has 0 aliphatic carbocycles. The topological polar surface area (TPSA) is 12.0 Å². The Labute approximate surface area is 82.3 Å². The van der Waals surface area contributed by atoms with Crippen LogP contribution in [-0.4, -0.2) is 13.6 Å². The second-order valence-electron chi connectivity index (χ2n) is 2.94. The summed E-state index contributed by atoms with van der Waals surface area (Å²) in [5.74, 6) is 0. The number of hydrogen-bond donors (Lipinski definition) is 1. The Kier molecular flexibility index (Phi) is 3.76. The summed E-state index contributed by atoms with van der Waals surface area (Å²) < 4.78 is 1.19. The fraction of sp³-hybridized carbons (Fsp3) is 0.400. The molecule has 0 unspecified atom stereocenters. The van der Waals surface area contributed by atoms with E-state index >= 15 is 0 Å². The third-order valence-electron chi connectivity index (χ3n) is 1.89. The molecule has 0 amide bonds. The van der Waals surface area contributed by atoms with Gasteiger partial charge in [0.2, 0.25) is 0 Å². The van der Waals surface area contributed by atoms with E-state index < -0.39 is 0 Å². The van der Waals surface area contributed by atoms with Gasteiger partial charge < -0.3 is 5.32 Å². The highest BCUT2D eigenvalue weighted by Crippen LogP contribution is 2.16. The van der Waals surface area contributed by atoms with E-state index in [9.17, 15) is 0 Å². The van der Waals surface area contributed by atoms with E-state index in [1.165, 1.54) is 15.6 Å². The first kappa shape index (κ1) is 9.75. The normalized spacial score (nSPS) is 10.2. The Balaban J connectivity index is 2.69. The molecule has 66 valence electrons. The largest absolute Gasteiger partial charge is 0.319 e. The average molecular weight is 228 g/mol. The van der Waals surface area contributed by atoms with Gasteiger partial charge in [-0.3, -0.25) is 0 Å². The van der Waals surface area contributed by atoms with Gasteiger partial charge in [-0.1, -0.05) is 28.1 Å². The predicted octanol–water partition coefficient (Wildman–Crippen LogP) is 2.52. The first-order valence-electron chi connectivity index (χ1n) is 4.13. The van der Waals surface area contributed by atoms with Gasteiger partial charge >= 0.3 is 0 Å². The molecule has 1 nitrogen and oxygen atoms in total. The zero-order valence-corrected chi connectivity index (χ0v) is 9.11. The van der Waals surface area contributed by atoms with Crippen LogP contribution in [0.25, 0.3) is 0 Å². The molecule has 1 aromatic carbocycles. The fourth-order valence-corrected chi connectivity index (χ4v) is 1.38. The summed E-state index contributed by atoms with van der Waals surface area (Å²) in [5, 5.41) is 3.14. The Hall–Kier alpha value is -0.340. The lowest BCUT2D eigenvalue weighted by Gasteiger charge is -2.03. The number of halogens is 1. The lowest BCUT2D eigenvalue weighted by atomic mass is 10.1. The summed E-state index contributed by atoms with van der Waals surface area (Å²) in [5.41, 5.74) is 2.70. The van der Waals surface area contributed by atoms with Crippen LogP contribution in [0.1, 0.15) is 11.1 Å². The number of nitrogens with one attached hydrogen (secondary N) is 1. The van der Waals surface area contributed by atoms with Crippen molar-refractivity contribution in [1.29, 1.82) is 0 Å². The lowest BCUT2D eigenvalue weighted by Crippen LogP contribution is -2.10. The van der Waals surface area contributed by atoms with Crippen LogP contribution in [0, 0.1) is 6.92 Å². The molecular formula is C10H14BrN. The zero-order chi connectivity index (χ0) is 8.97. The average Bonchev–Trinajstić information content (AvgIpc) is 2.07. The Bertz CT molecular complexity index is 258. The van der Waals surface area contributed by atoms with Crippen LogP contribution in [0.5, 0.6) is 0 Å². The van der Waals surface area contributed by atoms with E-state index in [2.05, 4.69) is 46.4 Å². The standard InChI is InChI=1S/C10H14BrN/c1-8-7-9(5-6-12-2)3-4-10(8)11/h3-4,7,12H,5-6H2,1-2H3. The molecule has 2 heteroatoms. The molecule has 0 saturated heterocycles. The SMILES string of the molecule is CNCCc1ccc(Br)c(C)c1. The van der Waals surface area contributed by atoms with Gasteiger partial charge in [0.15, 0.2) is 0 Å². The molecule has 0 fully saturated rings. The Morgan fingerprint density at radius 1 is 1.42 bits per heavy atom. The molecule has 0 saturated carbocycles. The van der Waals surface area contributed by atoms with Crippen molar-refractivity contribution < 1.29 is 0 Å². The molecule has 1 N–H and O–H groups in total. The summed E-state index contributed by atoms with van der Waals surface area (Å²) in [4.78, 5) is 0. The second kappa shape index (κ2) is 4.63. The zero-order valence-electron chi connectivity index (χ0n) is 7.52. The van der Waals surface area contributed by atoms with E-state index in [1.807, 2.05) is 7.05 Å². The van der Waals surface area contributed by atoms with Crippen LogP contribution in [0.3, 0.4) is 0 Å². The summed E-state index contributed by atoms with van der Waals surface area (Å²) >= 11 is 3.48. The molecule has 0 aliphatic rings. The van der Waals surface area contributed by atoms with Crippen molar-refractivity contribution in [2.45, 2.75) is 13.3 Å². The lowest BCUT2D eigenvalue weighted by molar-refractivity contribution is 0.791. The van der Waals surface area contributed by atoms with E-state index in [0.29, 0.717) is 0 Å². The van der Waals surface area contributed by atoms with Crippen molar-refractivity contribution in [2.75, 3.05) is 13.6 Å². The van der Waals surface area contributed by atoms with Crippen LogP contribution in [0.2, 0.25) is 0 Å². The molecule has 0 aliphatic heterocycles. The fourth-order valence-electron chi connectivity index (χ4n) is 1.13. The van der Waals surface area contributed by atoms with Crippen molar-refractivity contribution in [2.24, 2.45) is 0 Å². The Morgan fingerprint density at radius 2 is 2.17 bits per heavy atom. The maximum Gasteiger partial charge on any atom is 0.0204 e. The smallest absolute Gasteiger partial charge is 0.0204 e. The van der Waals surface area contributed by atoms with Crippen molar-refractivity contribution in [3.63, 3.8) is 0 Å². The van der Waals surface area contributed by atoms with Gasteiger partial charge in [0.1, 0.15) is 0 Å². The third-order valence-corrected chi connectivity index (χ3v) is 2.78. The van der Waals surface area contributed by atoms with E-state index in [0.717, 1.165) is 13.0 Å². The molecule has 12 heavy (non-hydrogen) atoms. The number of aryl methyl sites for hydroxylation is 1. The minimum atomic E-state index is 1.04. The van der Waals surface area contributed by atoms with Crippen LogP contribution in [0.4, 0.5) is 0 Å². The summed E-state index contributed by atoms with van der Waals surface area (Å²) in [6.07, 6.45) is 1.10. The number of likely N-dealkylation sites (N-methyl/N-ethyl adjacent to an activating group) is 1. The molecule has 0 atom stereocenters. The molecule has 0 heterocycles. The van der Waals surface area contributed by atoms with Crippen molar-refractivity contribution >= 4 is 15.9 Å². The van der Waals surface area contributed by atoms with Crippen LogP contribution in [0.15, 0.2) is 22.7 Å². The summed E-state index contributed by atoms with van der Waals surface area (Å²) in [6.45, 7) is 3.16. The first-order valence-corrected chi connectivity index (χ1v) is 4.93. The van der Waals surface area contributed by atoms with Crippen molar-refractivity contribution in [3.8, 4) is 0 Å². The number of benzene rings is 1. The highest BCUT2D eigenvalue weighted by atomic mass is 79.9. The quantitative estimate of drug-likeness (QED) is 0.838. The van der Waals surface area contributed by atoms with Crippen LogP contribution >= 0.6 is 15.9 Å². The van der Waals surface area contributed by atoms with Gasteiger partial charge in [-0.2, -0.15) is 0 Å². The molecule has 0 bridgehead atoms. The third kappa shape index (κ3) is 2.61. The maximum atomic E-state index is 3.48. The minimum Gasteiger partial charge on any atom is -0.319 e. The first-order chi connectivity index (χ1) is 5.74.